The van der Waals surface area contributed by atoms with Crippen molar-refractivity contribution >= 4 is 11.8 Å². The largest absolute Gasteiger partial charge is 0.478 e. The van der Waals surface area contributed by atoms with E-state index in [-0.39, 0.29) is 5.92 Å². The summed E-state index contributed by atoms with van der Waals surface area (Å²) in [4.78, 5) is 23.0. The molecule has 172 valence electrons. The second-order valence-corrected chi connectivity index (χ2v) is 9.45. The fourth-order valence-electron chi connectivity index (χ4n) is 4.93. The van der Waals surface area contributed by atoms with Crippen molar-refractivity contribution in [1.29, 1.82) is 0 Å². The molecule has 0 radical (unpaired) electrons. The number of carbonyl (C=O) groups excluding carboxylic acids is 1. The zero-order valence-electron chi connectivity index (χ0n) is 19.3. The third-order valence-electron chi connectivity index (χ3n) is 6.72. The Kier molecular flexibility index (Phi) is 12.9. The van der Waals surface area contributed by atoms with E-state index < -0.39 is 11.6 Å². The van der Waals surface area contributed by atoms with Crippen LogP contribution < -0.4 is 0 Å². The number of rotatable bonds is 17. The van der Waals surface area contributed by atoms with Crippen molar-refractivity contribution in [3.8, 4) is 0 Å². The van der Waals surface area contributed by atoms with Crippen LogP contribution in [-0.2, 0) is 9.59 Å². The minimum absolute atomic E-state index is 0.139. The Morgan fingerprint density at radius 2 is 2.00 bits per heavy atom. The maximum absolute atomic E-state index is 12.5. The normalized spacial score (nSPS) is 22.3. The van der Waals surface area contributed by atoms with Gasteiger partial charge in [0, 0.05) is 18.4 Å². The van der Waals surface area contributed by atoms with Gasteiger partial charge in [-0.1, -0.05) is 58.1 Å². The Hall–Kier alpha value is -1.42. The zero-order valence-corrected chi connectivity index (χ0v) is 19.3. The molecule has 4 heteroatoms. The Morgan fingerprint density at radius 1 is 1.27 bits per heavy atom. The lowest BCUT2D eigenvalue weighted by molar-refractivity contribution is -0.131. The summed E-state index contributed by atoms with van der Waals surface area (Å²) in [6.07, 6.45) is 17.9. The second kappa shape index (κ2) is 14.6. The summed E-state index contributed by atoms with van der Waals surface area (Å²) in [7, 11) is 0. The van der Waals surface area contributed by atoms with Gasteiger partial charge in [0.25, 0.3) is 0 Å². The number of aliphatic hydroxyl groups is 1. The molecule has 2 N–H and O–H groups in total. The van der Waals surface area contributed by atoms with Crippen LogP contribution in [0.4, 0.5) is 0 Å². The molecule has 1 fully saturated rings. The van der Waals surface area contributed by atoms with Gasteiger partial charge in [0.05, 0.1) is 5.60 Å². The summed E-state index contributed by atoms with van der Waals surface area (Å²) in [5, 5.41) is 19.7. The average Bonchev–Trinajstić information content (AvgIpc) is 3.02. The smallest absolute Gasteiger partial charge is 0.327 e. The topological polar surface area (TPSA) is 74.6 Å². The first kappa shape index (κ1) is 26.6. The van der Waals surface area contributed by atoms with Crippen LogP contribution in [0.5, 0.6) is 0 Å². The van der Waals surface area contributed by atoms with Crippen molar-refractivity contribution in [3.05, 3.63) is 24.8 Å². The summed E-state index contributed by atoms with van der Waals surface area (Å²) < 4.78 is 0. The van der Waals surface area contributed by atoms with E-state index in [4.69, 9.17) is 5.11 Å². The lowest BCUT2D eigenvalue weighted by Crippen LogP contribution is -2.28. The Bertz CT molecular complexity index is 553. The van der Waals surface area contributed by atoms with Gasteiger partial charge in [0.15, 0.2) is 0 Å². The molecule has 0 bridgehead atoms. The molecular formula is C26H44O4. The van der Waals surface area contributed by atoms with E-state index in [9.17, 15) is 14.7 Å². The maximum Gasteiger partial charge on any atom is 0.327 e. The number of hydrogen-bond acceptors (Lipinski definition) is 3. The van der Waals surface area contributed by atoms with Gasteiger partial charge in [0.1, 0.15) is 5.78 Å². The van der Waals surface area contributed by atoms with Crippen LogP contribution in [0.25, 0.3) is 0 Å². The van der Waals surface area contributed by atoms with E-state index >= 15 is 0 Å². The molecule has 1 rings (SSSR count). The van der Waals surface area contributed by atoms with E-state index in [0.717, 1.165) is 57.8 Å². The molecule has 0 aliphatic heterocycles. The number of allylic oxidation sites excluding steroid dienone is 1. The summed E-state index contributed by atoms with van der Waals surface area (Å²) in [5.41, 5.74) is -0.641. The first-order valence-electron chi connectivity index (χ1n) is 12.1. The highest BCUT2D eigenvalue weighted by Gasteiger charge is 2.35. The molecule has 0 aromatic heterocycles. The summed E-state index contributed by atoms with van der Waals surface area (Å²) in [6.45, 7) is 8.19. The number of carboxylic acid groups (broad SMARTS) is 1. The molecule has 1 saturated carbocycles. The number of ketones is 1. The molecule has 0 spiro atoms. The van der Waals surface area contributed by atoms with Gasteiger partial charge < -0.3 is 10.2 Å². The number of carbonyl (C=O) groups is 2. The molecule has 0 saturated heterocycles. The first-order valence-corrected chi connectivity index (χ1v) is 12.1. The van der Waals surface area contributed by atoms with Crippen LogP contribution in [-0.4, -0.2) is 27.6 Å². The molecule has 30 heavy (non-hydrogen) atoms. The number of unbranched alkanes of at least 4 members (excludes halogenated alkanes) is 3. The van der Waals surface area contributed by atoms with Crippen molar-refractivity contribution in [2.24, 2.45) is 17.8 Å². The van der Waals surface area contributed by atoms with Crippen LogP contribution in [0.3, 0.4) is 0 Å². The Morgan fingerprint density at radius 3 is 2.67 bits per heavy atom. The van der Waals surface area contributed by atoms with Crippen LogP contribution in [0.15, 0.2) is 24.8 Å². The van der Waals surface area contributed by atoms with Crippen LogP contribution in [0, 0.1) is 17.8 Å². The average molecular weight is 421 g/mol. The number of hydrogen-bond donors (Lipinski definition) is 2. The van der Waals surface area contributed by atoms with E-state index in [1.54, 1.807) is 6.08 Å². The molecule has 0 amide bonds. The molecular weight excluding hydrogens is 376 g/mol. The molecule has 0 aromatic carbocycles. The van der Waals surface area contributed by atoms with Gasteiger partial charge in [-0.2, -0.15) is 0 Å². The van der Waals surface area contributed by atoms with Gasteiger partial charge in [-0.25, -0.2) is 4.79 Å². The molecule has 4 atom stereocenters. The fraction of sp³-hybridized carbons (Fsp3) is 0.769. The van der Waals surface area contributed by atoms with E-state index in [2.05, 4.69) is 20.4 Å². The highest BCUT2D eigenvalue weighted by atomic mass is 16.4. The lowest BCUT2D eigenvalue weighted by atomic mass is 9.81. The quantitative estimate of drug-likeness (QED) is 0.160. The van der Waals surface area contributed by atoms with Crippen LogP contribution >= 0.6 is 0 Å². The highest BCUT2D eigenvalue weighted by molar-refractivity contribution is 5.83. The first-order chi connectivity index (χ1) is 14.3. The molecule has 1 aliphatic carbocycles. The molecule has 0 heterocycles. The number of carboxylic acids is 1. The zero-order chi connectivity index (χ0) is 22.4. The van der Waals surface area contributed by atoms with Gasteiger partial charge in [0.2, 0.25) is 0 Å². The van der Waals surface area contributed by atoms with Crippen molar-refractivity contribution in [1.82, 2.24) is 0 Å². The van der Waals surface area contributed by atoms with E-state index in [1.165, 1.54) is 25.3 Å². The Labute approximate surface area is 183 Å². The van der Waals surface area contributed by atoms with E-state index in [0.29, 0.717) is 30.5 Å². The standard InChI is InChI=1S/C26H44O4/c1-4-6-7-10-18-26(30,17-5-2)19-11-13-22-15-16-24(27)23(22)20-21(3)12-8-9-14-25(28)29/h5,9,14,21-23,30H,2,4,6-8,10-13,15-20H2,1,3H3,(H,28,29)/t21?,22-,23+,26?/m0/s1. The van der Waals surface area contributed by atoms with Crippen LogP contribution in [0.1, 0.15) is 104 Å². The minimum atomic E-state index is -0.907. The van der Waals surface area contributed by atoms with Gasteiger partial charge in [-0.3, -0.25) is 4.79 Å². The molecule has 2 unspecified atom stereocenters. The van der Waals surface area contributed by atoms with Crippen molar-refractivity contribution in [3.63, 3.8) is 0 Å². The van der Waals surface area contributed by atoms with Crippen molar-refractivity contribution in [2.45, 2.75) is 109 Å². The highest BCUT2D eigenvalue weighted by Crippen LogP contribution is 2.38. The fourth-order valence-corrected chi connectivity index (χ4v) is 4.93. The predicted molar refractivity (Wildman–Crippen MR) is 123 cm³/mol. The molecule has 4 nitrogen and oxygen atoms in total. The number of aliphatic carboxylic acids is 1. The molecule has 0 aromatic rings. The van der Waals surface area contributed by atoms with Crippen LogP contribution in [0.2, 0.25) is 0 Å². The van der Waals surface area contributed by atoms with E-state index in [1.807, 2.05) is 6.08 Å². The maximum atomic E-state index is 12.5. The third kappa shape index (κ3) is 10.6. The summed E-state index contributed by atoms with van der Waals surface area (Å²) in [6, 6.07) is 0. The lowest BCUT2D eigenvalue weighted by Gasteiger charge is -2.28. The van der Waals surface area contributed by atoms with Crippen molar-refractivity contribution in [2.75, 3.05) is 0 Å². The monoisotopic (exact) mass is 420 g/mol. The minimum Gasteiger partial charge on any atom is -0.478 e. The summed E-state index contributed by atoms with van der Waals surface area (Å²) >= 11 is 0. The third-order valence-corrected chi connectivity index (χ3v) is 6.72. The summed E-state index contributed by atoms with van der Waals surface area (Å²) in [5.74, 6) is 0.474. The van der Waals surface area contributed by atoms with Gasteiger partial charge in [-0.05, 0) is 63.2 Å². The van der Waals surface area contributed by atoms with Gasteiger partial charge in [-0.15, -0.1) is 6.58 Å². The van der Waals surface area contributed by atoms with Crippen molar-refractivity contribution < 1.29 is 19.8 Å². The SMILES string of the molecule is C=CCC(O)(CCCCCC)CCC[C@H]1CCC(=O)[C@@H]1CC(C)CCC=CC(=O)O. The number of Topliss-reactive ketones (excluding diaryl/α,β-unsaturated/α-hetero) is 1. The second-order valence-electron chi connectivity index (χ2n) is 9.45. The molecule has 1 aliphatic rings. The Balaban J connectivity index is 2.46. The van der Waals surface area contributed by atoms with Gasteiger partial charge >= 0.3 is 5.97 Å². The predicted octanol–water partition coefficient (Wildman–Crippen LogP) is 6.48.